The molecule has 1 atom stereocenters. The van der Waals surface area contributed by atoms with Crippen LogP contribution in [0, 0.1) is 13.8 Å². The molecule has 0 fully saturated rings. The summed E-state index contributed by atoms with van der Waals surface area (Å²) in [6, 6.07) is 28.7. The highest BCUT2D eigenvalue weighted by molar-refractivity contribution is 6.17. The molecule has 8 heterocycles. The van der Waals surface area contributed by atoms with Crippen LogP contribution in [0.4, 0.5) is 0 Å². The summed E-state index contributed by atoms with van der Waals surface area (Å²) in [5.74, 6) is 1.82. The van der Waals surface area contributed by atoms with Gasteiger partial charge in [-0.1, -0.05) is 36.4 Å². The SMILES string of the molecule is Cc1cccc(C)c1-c1c[n+]2c3c4c5c(ccc4c4ccccc4n13)Oc1ccc3c4c1C52[n+]1cccc(c41)n1ccnc31. The van der Waals surface area contributed by atoms with Gasteiger partial charge in [0, 0.05) is 40.2 Å². The zero-order valence-electron chi connectivity index (χ0n) is 24.0. The summed E-state index contributed by atoms with van der Waals surface area (Å²) in [5, 5.41) is 6.11. The van der Waals surface area contributed by atoms with Crippen LogP contribution in [0.25, 0.3) is 66.0 Å². The molecule has 0 saturated heterocycles. The molecular formula is C38H23N5O+2. The van der Waals surface area contributed by atoms with Crippen molar-refractivity contribution in [2.24, 2.45) is 0 Å². The number of pyridine rings is 3. The smallest absolute Gasteiger partial charge is 0.371 e. The fourth-order valence-electron chi connectivity index (χ4n) is 9.14. The van der Waals surface area contributed by atoms with Crippen LogP contribution in [-0.4, -0.2) is 13.8 Å². The third-order valence-electron chi connectivity index (χ3n) is 10.6. The van der Waals surface area contributed by atoms with E-state index in [1.54, 1.807) is 0 Å². The van der Waals surface area contributed by atoms with Gasteiger partial charge in [-0.15, -0.1) is 4.57 Å². The average molecular weight is 566 g/mol. The van der Waals surface area contributed by atoms with Gasteiger partial charge in [0.15, 0.2) is 11.9 Å². The largest absolute Gasteiger partial charge is 0.456 e. The van der Waals surface area contributed by atoms with Crippen LogP contribution in [0.5, 0.6) is 11.5 Å². The van der Waals surface area contributed by atoms with Crippen LogP contribution in [0.15, 0.2) is 104 Å². The zero-order chi connectivity index (χ0) is 28.6. The first-order valence-electron chi connectivity index (χ1n) is 15.1. The lowest BCUT2D eigenvalue weighted by Crippen LogP contribution is -2.71. The number of ether oxygens (including phenoxy) is 1. The molecule has 44 heavy (non-hydrogen) atoms. The van der Waals surface area contributed by atoms with E-state index in [-0.39, 0.29) is 0 Å². The van der Waals surface area contributed by atoms with Gasteiger partial charge in [0.25, 0.3) is 0 Å². The molecule has 1 spiro atoms. The summed E-state index contributed by atoms with van der Waals surface area (Å²) in [6.07, 6.45) is 8.66. The number of fused-ring (bicyclic) bond motifs is 6. The number of aromatic nitrogens is 5. The molecule has 0 saturated carbocycles. The molecular weight excluding hydrogens is 542 g/mol. The van der Waals surface area contributed by atoms with E-state index in [0.717, 1.165) is 28.0 Å². The van der Waals surface area contributed by atoms with E-state index in [9.17, 15) is 0 Å². The summed E-state index contributed by atoms with van der Waals surface area (Å²) in [4.78, 5) is 4.84. The minimum atomic E-state index is -0.650. The molecule has 6 heteroatoms. The average Bonchev–Trinajstić information content (AvgIpc) is 3.81. The van der Waals surface area contributed by atoms with Crippen molar-refractivity contribution >= 4 is 54.8 Å². The normalized spacial score (nSPS) is 17.1. The van der Waals surface area contributed by atoms with Crippen molar-refractivity contribution in [1.29, 1.82) is 0 Å². The van der Waals surface area contributed by atoms with Crippen molar-refractivity contribution in [3.8, 4) is 22.8 Å². The molecule has 0 bridgehead atoms. The van der Waals surface area contributed by atoms with E-state index in [0.29, 0.717) is 0 Å². The second kappa shape index (κ2) is 6.74. The maximum atomic E-state index is 6.87. The van der Waals surface area contributed by atoms with Crippen LogP contribution in [0.2, 0.25) is 0 Å². The van der Waals surface area contributed by atoms with Crippen molar-refractivity contribution < 1.29 is 13.9 Å². The number of hydrogen-bond donors (Lipinski definition) is 0. The van der Waals surface area contributed by atoms with Gasteiger partial charge in [0.1, 0.15) is 45.5 Å². The van der Waals surface area contributed by atoms with E-state index in [4.69, 9.17) is 9.72 Å². The minimum absolute atomic E-state index is 0.650. The predicted octanol–water partition coefficient (Wildman–Crippen LogP) is 7.09. The third-order valence-corrected chi connectivity index (χ3v) is 10.6. The van der Waals surface area contributed by atoms with E-state index >= 15 is 0 Å². The second-order valence-electron chi connectivity index (χ2n) is 12.6. The first kappa shape index (κ1) is 21.9. The Morgan fingerprint density at radius 2 is 1.50 bits per heavy atom. The Kier molecular flexibility index (Phi) is 3.35. The van der Waals surface area contributed by atoms with E-state index in [1.807, 2.05) is 6.20 Å². The Hall–Kier alpha value is -5.75. The van der Waals surface area contributed by atoms with Gasteiger partial charge in [-0.2, -0.15) is 8.97 Å². The third kappa shape index (κ3) is 2.02. The number of para-hydroxylation sites is 1. The molecule has 6 nitrogen and oxygen atoms in total. The van der Waals surface area contributed by atoms with Crippen molar-refractivity contribution in [1.82, 2.24) is 13.8 Å². The molecule has 9 aromatic rings. The lowest BCUT2D eigenvalue weighted by Gasteiger charge is -2.28. The van der Waals surface area contributed by atoms with Gasteiger partial charge in [-0.05, 0) is 61.4 Å². The van der Waals surface area contributed by atoms with Crippen LogP contribution in [0.1, 0.15) is 22.3 Å². The first-order chi connectivity index (χ1) is 21.7. The van der Waals surface area contributed by atoms with Crippen LogP contribution in [-0.2, 0) is 5.66 Å². The molecule has 0 radical (unpaired) electrons. The number of hydrogen-bond acceptors (Lipinski definition) is 2. The second-order valence-corrected chi connectivity index (χ2v) is 12.6. The molecule has 204 valence electrons. The predicted molar refractivity (Wildman–Crippen MR) is 170 cm³/mol. The van der Waals surface area contributed by atoms with Crippen molar-refractivity contribution in [3.63, 3.8) is 0 Å². The number of imidazole rings is 2. The quantitative estimate of drug-likeness (QED) is 0.158. The molecule has 0 aliphatic carbocycles. The van der Waals surface area contributed by atoms with Crippen LogP contribution < -0.4 is 13.9 Å². The van der Waals surface area contributed by atoms with Crippen molar-refractivity contribution in [2.45, 2.75) is 19.5 Å². The standard InChI is InChI=1S/C38H23N5O/c1-20-7-5-8-21(2)30(20)27-19-42-37-32-23(22-9-3-4-10-25(22)43(27)37)12-14-29-34(32)38(42)33-28(44-29)15-13-24-31(33)35-26(11-6-17-41(35)38)40-18-16-39-36(24)40/h3-19H,1-2H3/q+2. The van der Waals surface area contributed by atoms with Crippen molar-refractivity contribution in [2.75, 3.05) is 0 Å². The molecule has 12 rings (SSSR count). The first-order valence-corrected chi connectivity index (χ1v) is 15.1. The van der Waals surface area contributed by atoms with E-state index in [2.05, 4.69) is 129 Å². The monoisotopic (exact) mass is 565 g/mol. The summed E-state index contributed by atoms with van der Waals surface area (Å²) in [7, 11) is 0. The van der Waals surface area contributed by atoms with Gasteiger partial charge in [0.2, 0.25) is 5.52 Å². The molecule has 5 aromatic heterocycles. The van der Waals surface area contributed by atoms with Gasteiger partial charge >= 0.3 is 11.3 Å². The van der Waals surface area contributed by atoms with E-state index in [1.165, 1.54) is 71.7 Å². The molecule has 3 aliphatic rings. The highest BCUT2D eigenvalue weighted by Gasteiger charge is 2.67. The molecule has 0 amide bonds. The van der Waals surface area contributed by atoms with E-state index < -0.39 is 5.66 Å². The molecule has 0 N–H and O–H groups in total. The van der Waals surface area contributed by atoms with Gasteiger partial charge in [-0.3, -0.25) is 4.40 Å². The number of nitrogens with zero attached hydrogens (tertiary/aromatic N) is 5. The zero-order valence-corrected chi connectivity index (χ0v) is 24.0. The molecule has 1 unspecified atom stereocenters. The number of aryl methyl sites for hydroxylation is 2. The molecule has 4 aromatic carbocycles. The highest BCUT2D eigenvalue weighted by atomic mass is 16.5. The Labute approximate surface area is 250 Å². The maximum absolute atomic E-state index is 6.87. The fraction of sp³-hybridized carbons (Fsp3) is 0.0789. The molecule has 3 aliphatic heterocycles. The number of benzene rings is 4. The maximum Gasteiger partial charge on any atom is 0.371 e. The highest BCUT2D eigenvalue weighted by Crippen LogP contribution is 2.58. The Balaban J connectivity index is 1.41. The Morgan fingerprint density at radius 3 is 2.36 bits per heavy atom. The van der Waals surface area contributed by atoms with Gasteiger partial charge in [-0.25, -0.2) is 4.98 Å². The Bertz CT molecular complexity index is 2870. The minimum Gasteiger partial charge on any atom is -0.456 e. The van der Waals surface area contributed by atoms with Crippen molar-refractivity contribution in [3.05, 3.63) is 126 Å². The van der Waals surface area contributed by atoms with Crippen LogP contribution in [0.3, 0.4) is 0 Å². The summed E-state index contributed by atoms with van der Waals surface area (Å²) in [6.45, 7) is 4.46. The lowest BCUT2D eigenvalue weighted by atomic mass is 9.85. The van der Waals surface area contributed by atoms with Gasteiger partial charge < -0.3 is 4.74 Å². The summed E-state index contributed by atoms with van der Waals surface area (Å²) in [5.41, 5.74) is 12.5. The Morgan fingerprint density at radius 1 is 0.727 bits per heavy atom. The van der Waals surface area contributed by atoms with Gasteiger partial charge in [0.05, 0.1) is 10.8 Å². The lowest BCUT2D eigenvalue weighted by molar-refractivity contribution is -0.944. The number of rotatable bonds is 1. The topological polar surface area (TPSA) is 38.7 Å². The summed E-state index contributed by atoms with van der Waals surface area (Å²) >= 11 is 0. The van der Waals surface area contributed by atoms with Crippen LogP contribution >= 0.6 is 0 Å². The summed E-state index contributed by atoms with van der Waals surface area (Å²) < 4.78 is 16.7. The fourth-order valence-corrected chi connectivity index (χ4v) is 9.14.